The van der Waals surface area contributed by atoms with Crippen LogP contribution in [0.15, 0.2) is 18.2 Å². The molecule has 7 nitrogen and oxygen atoms in total. The molecule has 2 rings (SSSR count). The van der Waals surface area contributed by atoms with Crippen molar-refractivity contribution in [3.05, 3.63) is 40.7 Å². The van der Waals surface area contributed by atoms with Crippen molar-refractivity contribution in [3.8, 4) is 22.6 Å². The van der Waals surface area contributed by atoms with E-state index in [0.29, 0.717) is 40.6 Å². The number of rotatable bonds is 7. The molecular weight excluding hydrogens is 362 g/mol. The van der Waals surface area contributed by atoms with E-state index in [9.17, 15) is 9.59 Å². The maximum absolute atomic E-state index is 12.5. The largest absolute Gasteiger partial charge is 0.493 e. The highest BCUT2D eigenvalue weighted by Gasteiger charge is 2.27. The molecule has 0 saturated heterocycles. The van der Waals surface area contributed by atoms with E-state index in [0.717, 1.165) is 6.42 Å². The first-order valence-corrected chi connectivity index (χ1v) is 8.88. The molecular formula is C21H25NO6. The number of pyridine rings is 1. The third-order valence-corrected chi connectivity index (χ3v) is 4.25. The van der Waals surface area contributed by atoms with Gasteiger partial charge in [0.05, 0.1) is 50.5 Å². The molecule has 0 saturated carbocycles. The molecule has 0 atom stereocenters. The Morgan fingerprint density at radius 3 is 1.96 bits per heavy atom. The van der Waals surface area contributed by atoms with Crippen LogP contribution >= 0.6 is 0 Å². The van der Waals surface area contributed by atoms with E-state index < -0.39 is 11.9 Å². The Labute approximate surface area is 164 Å². The molecule has 150 valence electrons. The van der Waals surface area contributed by atoms with E-state index in [2.05, 4.69) is 4.98 Å². The fourth-order valence-electron chi connectivity index (χ4n) is 3.00. The van der Waals surface area contributed by atoms with Gasteiger partial charge in [0.2, 0.25) is 0 Å². The van der Waals surface area contributed by atoms with E-state index in [1.54, 1.807) is 32.0 Å². The number of nitrogens with zero attached hydrogens (tertiary/aromatic N) is 1. The summed E-state index contributed by atoms with van der Waals surface area (Å²) in [6.45, 7) is 5.94. The van der Waals surface area contributed by atoms with Gasteiger partial charge in [-0.25, -0.2) is 9.59 Å². The minimum absolute atomic E-state index is 0.206. The average molecular weight is 387 g/mol. The molecule has 0 fully saturated rings. The first-order chi connectivity index (χ1) is 13.4. The molecule has 0 unspecified atom stereocenters. The van der Waals surface area contributed by atoms with Crippen molar-refractivity contribution in [2.45, 2.75) is 27.2 Å². The molecule has 1 aromatic carbocycles. The lowest BCUT2D eigenvalue weighted by molar-refractivity contribution is 0.0599. The van der Waals surface area contributed by atoms with E-state index in [4.69, 9.17) is 18.9 Å². The van der Waals surface area contributed by atoms with Crippen molar-refractivity contribution in [2.24, 2.45) is 0 Å². The van der Waals surface area contributed by atoms with Gasteiger partial charge in [-0.15, -0.1) is 0 Å². The number of esters is 2. The van der Waals surface area contributed by atoms with Gasteiger partial charge >= 0.3 is 11.9 Å². The van der Waals surface area contributed by atoms with Gasteiger partial charge < -0.3 is 18.9 Å². The maximum atomic E-state index is 12.5. The predicted octanol–water partition coefficient (Wildman–Crippen LogP) is 3.74. The van der Waals surface area contributed by atoms with Crippen molar-refractivity contribution in [1.29, 1.82) is 0 Å². The van der Waals surface area contributed by atoms with Crippen LogP contribution in [0.1, 0.15) is 45.4 Å². The lowest BCUT2D eigenvalue weighted by atomic mass is 9.92. The Morgan fingerprint density at radius 1 is 0.929 bits per heavy atom. The van der Waals surface area contributed by atoms with Crippen LogP contribution in [-0.2, 0) is 9.47 Å². The molecule has 0 radical (unpaired) electrons. The Balaban J connectivity index is 2.81. The Bertz CT molecular complexity index is 851. The van der Waals surface area contributed by atoms with Crippen LogP contribution in [0.3, 0.4) is 0 Å². The number of aromatic nitrogens is 1. The number of hydrogen-bond donors (Lipinski definition) is 0. The lowest BCUT2D eigenvalue weighted by Crippen LogP contribution is -2.16. The van der Waals surface area contributed by atoms with Gasteiger partial charge in [-0.1, -0.05) is 13.0 Å². The fraction of sp³-hybridized carbons (Fsp3) is 0.381. The zero-order valence-corrected chi connectivity index (χ0v) is 17.0. The van der Waals surface area contributed by atoms with Gasteiger partial charge in [0.15, 0.2) is 11.5 Å². The highest BCUT2D eigenvalue weighted by atomic mass is 16.5. The van der Waals surface area contributed by atoms with E-state index in [1.165, 1.54) is 21.3 Å². The summed E-state index contributed by atoms with van der Waals surface area (Å²) < 4.78 is 21.0. The second-order valence-corrected chi connectivity index (χ2v) is 6.10. The summed E-state index contributed by atoms with van der Waals surface area (Å²) in [6, 6.07) is 5.23. The van der Waals surface area contributed by atoms with Gasteiger partial charge in [-0.2, -0.15) is 0 Å². The average Bonchev–Trinajstić information content (AvgIpc) is 2.70. The molecule has 0 N–H and O–H groups in total. The molecule has 0 bridgehead atoms. The Hall–Kier alpha value is -3.09. The van der Waals surface area contributed by atoms with Crippen LogP contribution < -0.4 is 9.47 Å². The number of carbonyl (C=O) groups excluding carboxylic acids is 2. The smallest absolute Gasteiger partial charge is 0.340 e. The molecule has 0 aliphatic rings. The highest BCUT2D eigenvalue weighted by Crippen LogP contribution is 2.37. The molecule has 0 spiro atoms. The number of ether oxygens (including phenoxy) is 4. The third kappa shape index (κ3) is 4.08. The summed E-state index contributed by atoms with van der Waals surface area (Å²) in [7, 11) is 4.10. The van der Waals surface area contributed by atoms with Gasteiger partial charge in [0.1, 0.15) is 0 Å². The molecule has 2 aromatic rings. The van der Waals surface area contributed by atoms with Gasteiger partial charge in [-0.3, -0.25) is 4.98 Å². The first-order valence-electron chi connectivity index (χ1n) is 8.88. The van der Waals surface area contributed by atoms with Crippen LogP contribution in [0.4, 0.5) is 0 Å². The quantitative estimate of drug-likeness (QED) is 0.669. The summed E-state index contributed by atoms with van der Waals surface area (Å²) in [5.41, 5.74) is 2.31. The van der Waals surface area contributed by atoms with E-state index in [1.807, 2.05) is 6.92 Å². The number of benzene rings is 1. The molecule has 0 aliphatic carbocycles. The number of aryl methyl sites for hydroxylation is 2. The molecule has 0 amide bonds. The number of hydrogen-bond acceptors (Lipinski definition) is 7. The van der Waals surface area contributed by atoms with Crippen molar-refractivity contribution in [1.82, 2.24) is 4.98 Å². The van der Waals surface area contributed by atoms with Gasteiger partial charge in [0, 0.05) is 5.56 Å². The molecule has 28 heavy (non-hydrogen) atoms. The number of carbonyl (C=O) groups is 2. The Kier molecular flexibility index (Phi) is 6.98. The SMILES string of the molecule is CCCOc1ccc(-c2c(C(=O)OC)c(C)nc(C)c2C(=O)OC)cc1OC. The van der Waals surface area contributed by atoms with Crippen LogP contribution in [0.25, 0.3) is 11.1 Å². The lowest BCUT2D eigenvalue weighted by Gasteiger charge is -2.18. The van der Waals surface area contributed by atoms with Crippen LogP contribution in [0.5, 0.6) is 11.5 Å². The zero-order chi connectivity index (χ0) is 20.8. The van der Waals surface area contributed by atoms with Crippen molar-refractivity contribution in [3.63, 3.8) is 0 Å². The summed E-state index contributed by atoms with van der Waals surface area (Å²) >= 11 is 0. The van der Waals surface area contributed by atoms with Crippen molar-refractivity contribution in [2.75, 3.05) is 27.9 Å². The van der Waals surface area contributed by atoms with E-state index in [-0.39, 0.29) is 11.1 Å². The zero-order valence-electron chi connectivity index (χ0n) is 17.0. The van der Waals surface area contributed by atoms with Crippen molar-refractivity contribution >= 4 is 11.9 Å². The second kappa shape index (κ2) is 9.21. The summed E-state index contributed by atoms with van der Waals surface area (Å²) in [5, 5.41) is 0. The Morgan fingerprint density at radius 2 is 1.50 bits per heavy atom. The van der Waals surface area contributed by atoms with E-state index >= 15 is 0 Å². The minimum Gasteiger partial charge on any atom is -0.493 e. The van der Waals surface area contributed by atoms with Crippen LogP contribution in [0.2, 0.25) is 0 Å². The molecule has 1 aromatic heterocycles. The fourth-order valence-corrected chi connectivity index (χ4v) is 3.00. The normalized spacial score (nSPS) is 10.4. The second-order valence-electron chi connectivity index (χ2n) is 6.10. The standard InChI is InChI=1S/C21H25NO6/c1-7-10-28-15-9-8-14(11-16(15)25-4)19-17(20(23)26-5)12(2)22-13(3)18(19)21(24)27-6/h8-9,11H,7,10H2,1-6H3. The first kappa shape index (κ1) is 21.2. The maximum Gasteiger partial charge on any atom is 0.340 e. The highest BCUT2D eigenvalue weighted by molar-refractivity contribution is 6.07. The predicted molar refractivity (Wildman–Crippen MR) is 104 cm³/mol. The monoisotopic (exact) mass is 387 g/mol. The summed E-state index contributed by atoms with van der Waals surface area (Å²) in [5.74, 6) is -0.106. The minimum atomic E-state index is -0.588. The number of methoxy groups -OCH3 is 3. The van der Waals surface area contributed by atoms with Crippen LogP contribution in [-0.4, -0.2) is 44.9 Å². The molecule has 1 heterocycles. The van der Waals surface area contributed by atoms with Crippen LogP contribution in [0, 0.1) is 13.8 Å². The summed E-state index contributed by atoms with van der Waals surface area (Å²) in [6.07, 6.45) is 0.854. The third-order valence-electron chi connectivity index (χ3n) is 4.25. The topological polar surface area (TPSA) is 84.0 Å². The summed E-state index contributed by atoms with van der Waals surface area (Å²) in [4.78, 5) is 29.3. The van der Waals surface area contributed by atoms with Crippen molar-refractivity contribution < 1.29 is 28.5 Å². The molecule has 7 heteroatoms. The molecule has 0 aliphatic heterocycles. The van der Waals surface area contributed by atoms with Gasteiger partial charge in [-0.05, 0) is 38.0 Å². The van der Waals surface area contributed by atoms with Gasteiger partial charge in [0.25, 0.3) is 0 Å².